The summed E-state index contributed by atoms with van der Waals surface area (Å²) in [4.78, 5) is 11.6. The number of hydrogen-bond acceptors (Lipinski definition) is 3. The maximum Gasteiger partial charge on any atom is 0.220 e. The Labute approximate surface area is 114 Å². The molecule has 1 atom stereocenters. The summed E-state index contributed by atoms with van der Waals surface area (Å²) in [6.07, 6.45) is 1.23. The molecule has 19 heavy (non-hydrogen) atoms. The summed E-state index contributed by atoms with van der Waals surface area (Å²) >= 11 is 0. The van der Waals surface area contributed by atoms with Crippen molar-refractivity contribution in [2.75, 3.05) is 20.3 Å². The van der Waals surface area contributed by atoms with Gasteiger partial charge < -0.3 is 15.2 Å². The van der Waals surface area contributed by atoms with Crippen LogP contribution in [0.15, 0.2) is 24.3 Å². The number of aryl methyl sites for hydroxylation is 2. The van der Waals surface area contributed by atoms with Crippen molar-refractivity contribution in [1.82, 2.24) is 5.32 Å². The van der Waals surface area contributed by atoms with Crippen LogP contribution in [0.1, 0.15) is 24.0 Å². The van der Waals surface area contributed by atoms with Crippen molar-refractivity contribution < 1.29 is 14.6 Å². The Kier molecular flexibility index (Phi) is 7.15. The third-order valence-electron chi connectivity index (χ3n) is 3.04. The van der Waals surface area contributed by atoms with Crippen LogP contribution in [0.3, 0.4) is 0 Å². The van der Waals surface area contributed by atoms with Gasteiger partial charge in [0.25, 0.3) is 0 Å². The number of hydrogen-bond donors (Lipinski definition) is 2. The van der Waals surface area contributed by atoms with Gasteiger partial charge in [0.1, 0.15) is 0 Å². The van der Waals surface area contributed by atoms with E-state index in [-0.39, 0.29) is 5.91 Å². The van der Waals surface area contributed by atoms with Gasteiger partial charge >= 0.3 is 0 Å². The van der Waals surface area contributed by atoms with Crippen molar-refractivity contribution in [3.8, 4) is 0 Å². The monoisotopic (exact) mass is 265 g/mol. The molecular weight excluding hydrogens is 242 g/mol. The molecule has 2 N–H and O–H groups in total. The molecule has 0 bridgehead atoms. The molecule has 0 aliphatic carbocycles. The van der Waals surface area contributed by atoms with Crippen molar-refractivity contribution in [3.05, 3.63) is 35.4 Å². The SMILES string of the molecule is COCC(O)CCNC(=O)CCc1ccccc1C. The second-order valence-corrected chi connectivity index (χ2v) is 4.67. The second kappa shape index (κ2) is 8.67. The molecule has 0 saturated heterocycles. The van der Waals surface area contributed by atoms with Crippen molar-refractivity contribution in [3.63, 3.8) is 0 Å². The van der Waals surface area contributed by atoms with Gasteiger partial charge in [-0.15, -0.1) is 0 Å². The van der Waals surface area contributed by atoms with E-state index in [1.54, 1.807) is 7.11 Å². The van der Waals surface area contributed by atoms with Crippen molar-refractivity contribution in [2.45, 2.75) is 32.3 Å². The van der Waals surface area contributed by atoms with Crippen molar-refractivity contribution in [1.29, 1.82) is 0 Å². The third-order valence-corrected chi connectivity index (χ3v) is 3.04. The van der Waals surface area contributed by atoms with Crippen LogP contribution in [-0.4, -0.2) is 37.4 Å². The quantitative estimate of drug-likeness (QED) is 0.748. The minimum atomic E-state index is -0.512. The zero-order valence-corrected chi connectivity index (χ0v) is 11.7. The molecule has 0 aromatic heterocycles. The van der Waals surface area contributed by atoms with E-state index in [0.717, 1.165) is 6.42 Å². The lowest BCUT2D eigenvalue weighted by atomic mass is 10.0. The van der Waals surface area contributed by atoms with E-state index in [0.29, 0.717) is 26.0 Å². The van der Waals surface area contributed by atoms with Gasteiger partial charge in [0.2, 0.25) is 5.91 Å². The number of rotatable bonds is 8. The molecule has 1 aromatic carbocycles. The summed E-state index contributed by atoms with van der Waals surface area (Å²) in [5, 5.41) is 12.2. The summed E-state index contributed by atoms with van der Waals surface area (Å²) in [6.45, 7) is 2.84. The highest BCUT2D eigenvalue weighted by Crippen LogP contribution is 2.09. The fourth-order valence-electron chi connectivity index (χ4n) is 1.88. The summed E-state index contributed by atoms with van der Waals surface area (Å²) in [6, 6.07) is 8.08. The van der Waals surface area contributed by atoms with Crippen LogP contribution in [0.25, 0.3) is 0 Å². The highest BCUT2D eigenvalue weighted by atomic mass is 16.5. The van der Waals surface area contributed by atoms with Crippen molar-refractivity contribution >= 4 is 5.91 Å². The maximum atomic E-state index is 11.6. The first-order chi connectivity index (χ1) is 9.13. The van der Waals surface area contributed by atoms with Gasteiger partial charge in [-0.25, -0.2) is 0 Å². The Hall–Kier alpha value is -1.39. The lowest BCUT2D eigenvalue weighted by molar-refractivity contribution is -0.121. The summed E-state index contributed by atoms with van der Waals surface area (Å²) in [5.41, 5.74) is 2.42. The fourth-order valence-corrected chi connectivity index (χ4v) is 1.88. The third kappa shape index (κ3) is 6.36. The normalized spacial score (nSPS) is 12.2. The van der Waals surface area contributed by atoms with Gasteiger partial charge in [-0.05, 0) is 30.9 Å². The summed E-state index contributed by atoms with van der Waals surface area (Å²) in [5.74, 6) is 0.0212. The highest BCUT2D eigenvalue weighted by molar-refractivity contribution is 5.76. The summed E-state index contributed by atoms with van der Waals surface area (Å²) in [7, 11) is 1.55. The van der Waals surface area contributed by atoms with Gasteiger partial charge in [0.05, 0.1) is 12.7 Å². The van der Waals surface area contributed by atoms with Crippen LogP contribution >= 0.6 is 0 Å². The van der Waals surface area contributed by atoms with E-state index in [1.165, 1.54) is 11.1 Å². The Morgan fingerprint density at radius 1 is 1.42 bits per heavy atom. The molecule has 1 unspecified atom stereocenters. The minimum Gasteiger partial charge on any atom is -0.391 e. The number of methoxy groups -OCH3 is 1. The molecule has 0 heterocycles. The number of carbonyl (C=O) groups is 1. The molecule has 0 aliphatic rings. The van der Waals surface area contributed by atoms with Crippen LogP contribution in [-0.2, 0) is 16.0 Å². The molecule has 0 fully saturated rings. The predicted molar refractivity (Wildman–Crippen MR) is 75.0 cm³/mol. The predicted octanol–water partition coefficient (Wildman–Crippen LogP) is 1.44. The zero-order valence-electron chi connectivity index (χ0n) is 11.7. The lowest BCUT2D eigenvalue weighted by Crippen LogP contribution is -2.28. The standard InChI is InChI=1S/C15H23NO3/c1-12-5-3-4-6-13(12)7-8-15(18)16-10-9-14(17)11-19-2/h3-6,14,17H,7-11H2,1-2H3,(H,16,18). The average molecular weight is 265 g/mol. The number of benzene rings is 1. The number of aliphatic hydroxyl groups excluding tert-OH is 1. The molecule has 0 aliphatic heterocycles. The first-order valence-corrected chi connectivity index (χ1v) is 6.61. The summed E-state index contributed by atoms with van der Waals surface area (Å²) < 4.78 is 4.82. The molecule has 1 aromatic rings. The second-order valence-electron chi connectivity index (χ2n) is 4.67. The lowest BCUT2D eigenvalue weighted by Gasteiger charge is -2.10. The van der Waals surface area contributed by atoms with Crippen LogP contribution in [0, 0.1) is 6.92 Å². The van der Waals surface area contributed by atoms with Gasteiger partial charge in [-0.3, -0.25) is 4.79 Å². The van der Waals surface area contributed by atoms with E-state index in [2.05, 4.69) is 5.32 Å². The Morgan fingerprint density at radius 3 is 2.84 bits per heavy atom. The van der Waals surface area contributed by atoms with E-state index in [9.17, 15) is 9.90 Å². The molecule has 1 amide bonds. The van der Waals surface area contributed by atoms with Crippen LogP contribution in [0.4, 0.5) is 0 Å². The van der Waals surface area contributed by atoms with E-state index >= 15 is 0 Å². The number of nitrogens with one attached hydrogen (secondary N) is 1. The molecule has 0 saturated carbocycles. The number of amides is 1. The molecule has 4 heteroatoms. The van der Waals surface area contributed by atoms with E-state index < -0.39 is 6.10 Å². The van der Waals surface area contributed by atoms with Gasteiger partial charge in [-0.1, -0.05) is 24.3 Å². The largest absolute Gasteiger partial charge is 0.391 e. The van der Waals surface area contributed by atoms with E-state index in [1.807, 2.05) is 31.2 Å². The number of carbonyl (C=O) groups excluding carboxylic acids is 1. The topological polar surface area (TPSA) is 58.6 Å². The zero-order chi connectivity index (χ0) is 14.1. The Bertz CT molecular complexity index is 393. The molecule has 106 valence electrons. The molecule has 4 nitrogen and oxygen atoms in total. The molecule has 0 radical (unpaired) electrons. The highest BCUT2D eigenvalue weighted by Gasteiger charge is 2.06. The van der Waals surface area contributed by atoms with Crippen molar-refractivity contribution in [2.24, 2.45) is 0 Å². The average Bonchev–Trinajstić information content (AvgIpc) is 2.38. The Balaban J connectivity index is 2.20. The van der Waals surface area contributed by atoms with Crippen LogP contribution in [0.2, 0.25) is 0 Å². The maximum absolute atomic E-state index is 11.6. The first-order valence-electron chi connectivity index (χ1n) is 6.61. The van der Waals surface area contributed by atoms with Gasteiger partial charge in [0.15, 0.2) is 0 Å². The first kappa shape index (κ1) is 15.7. The van der Waals surface area contributed by atoms with Crippen LogP contribution < -0.4 is 5.32 Å². The molecule has 1 rings (SSSR count). The number of aliphatic hydroxyl groups is 1. The van der Waals surface area contributed by atoms with Gasteiger partial charge in [-0.2, -0.15) is 0 Å². The smallest absolute Gasteiger partial charge is 0.220 e. The molecule has 0 spiro atoms. The fraction of sp³-hybridized carbons (Fsp3) is 0.533. The number of ether oxygens (including phenoxy) is 1. The molecular formula is C15H23NO3. The Morgan fingerprint density at radius 2 is 2.16 bits per heavy atom. The minimum absolute atomic E-state index is 0.0212. The van der Waals surface area contributed by atoms with Crippen LogP contribution in [0.5, 0.6) is 0 Å². The van der Waals surface area contributed by atoms with Gasteiger partial charge in [0, 0.05) is 20.1 Å². The van der Waals surface area contributed by atoms with E-state index in [4.69, 9.17) is 4.74 Å².